The molecule has 2 bridgehead atoms. The smallest absolute Gasteiger partial charge is 0.247 e. The van der Waals surface area contributed by atoms with Crippen molar-refractivity contribution in [3.8, 4) is 6.07 Å². The first-order valence-corrected chi connectivity index (χ1v) is 5.84. The number of carbonyl (C=O) groups is 1. The maximum Gasteiger partial charge on any atom is 0.247 e. The SMILES string of the molecule is N#CC1CN1C(=O)/C=C/C1CC2C=CC1C2. The van der Waals surface area contributed by atoms with Gasteiger partial charge in [-0.25, -0.2) is 0 Å². The van der Waals surface area contributed by atoms with Crippen molar-refractivity contribution in [1.29, 1.82) is 5.26 Å². The van der Waals surface area contributed by atoms with Gasteiger partial charge in [0.05, 0.1) is 12.6 Å². The second-order valence-electron chi connectivity index (χ2n) is 4.94. The van der Waals surface area contributed by atoms with Gasteiger partial charge in [-0.1, -0.05) is 18.2 Å². The highest BCUT2D eigenvalue weighted by molar-refractivity contribution is 5.90. The largest absolute Gasteiger partial charge is 0.318 e. The van der Waals surface area contributed by atoms with Crippen molar-refractivity contribution in [3.63, 3.8) is 0 Å². The number of fused-ring (bicyclic) bond motifs is 2. The Morgan fingerprint density at radius 3 is 2.88 bits per heavy atom. The highest BCUT2D eigenvalue weighted by Crippen LogP contribution is 2.43. The third kappa shape index (κ3) is 1.55. The van der Waals surface area contributed by atoms with Crippen LogP contribution in [0.4, 0.5) is 0 Å². The molecule has 3 heteroatoms. The van der Waals surface area contributed by atoms with Crippen LogP contribution >= 0.6 is 0 Å². The van der Waals surface area contributed by atoms with E-state index in [0.717, 1.165) is 5.92 Å². The van der Waals surface area contributed by atoms with E-state index in [9.17, 15) is 4.79 Å². The van der Waals surface area contributed by atoms with Gasteiger partial charge < -0.3 is 4.90 Å². The molecule has 1 saturated heterocycles. The van der Waals surface area contributed by atoms with E-state index in [2.05, 4.69) is 18.2 Å². The molecule has 4 atom stereocenters. The summed E-state index contributed by atoms with van der Waals surface area (Å²) in [6.45, 7) is 0.607. The number of nitriles is 1. The van der Waals surface area contributed by atoms with Crippen molar-refractivity contribution in [1.82, 2.24) is 4.90 Å². The zero-order valence-corrected chi connectivity index (χ0v) is 9.04. The minimum absolute atomic E-state index is 0.00157. The summed E-state index contributed by atoms with van der Waals surface area (Å²) in [7, 11) is 0. The zero-order valence-electron chi connectivity index (χ0n) is 9.04. The Hall–Kier alpha value is -1.56. The minimum atomic E-state index is -0.169. The molecule has 82 valence electrons. The lowest BCUT2D eigenvalue weighted by Crippen LogP contribution is -2.11. The van der Waals surface area contributed by atoms with Crippen LogP contribution < -0.4 is 0 Å². The van der Waals surface area contributed by atoms with Crippen molar-refractivity contribution in [2.45, 2.75) is 18.9 Å². The monoisotopic (exact) mass is 214 g/mol. The Morgan fingerprint density at radius 2 is 2.31 bits per heavy atom. The van der Waals surface area contributed by atoms with Crippen LogP contribution in [0.1, 0.15) is 12.8 Å². The number of rotatable bonds is 2. The molecule has 0 N–H and O–H groups in total. The van der Waals surface area contributed by atoms with E-state index in [0.29, 0.717) is 18.4 Å². The van der Waals surface area contributed by atoms with Crippen LogP contribution in [0.2, 0.25) is 0 Å². The van der Waals surface area contributed by atoms with E-state index in [-0.39, 0.29) is 11.9 Å². The average Bonchev–Trinajstić information content (AvgIpc) is 2.81. The maximum absolute atomic E-state index is 11.6. The number of amides is 1. The Balaban J connectivity index is 1.57. The number of hydrogen-bond donors (Lipinski definition) is 0. The van der Waals surface area contributed by atoms with Crippen molar-refractivity contribution < 1.29 is 4.79 Å². The lowest BCUT2D eigenvalue weighted by Gasteiger charge is -2.12. The molecule has 2 fully saturated rings. The van der Waals surface area contributed by atoms with Gasteiger partial charge in [-0.15, -0.1) is 0 Å². The Morgan fingerprint density at radius 1 is 1.44 bits per heavy atom. The van der Waals surface area contributed by atoms with E-state index in [4.69, 9.17) is 5.26 Å². The van der Waals surface area contributed by atoms with Crippen LogP contribution in [0.5, 0.6) is 0 Å². The van der Waals surface area contributed by atoms with Gasteiger partial charge in [-0.05, 0) is 36.7 Å². The summed E-state index contributed by atoms with van der Waals surface area (Å²) >= 11 is 0. The van der Waals surface area contributed by atoms with Crippen LogP contribution in [-0.2, 0) is 4.79 Å². The molecular formula is C13H14N2O. The van der Waals surface area contributed by atoms with Crippen LogP contribution in [0.15, 0.2) is 24.3 Å². The number of carbonyl (C=O) groups excluding carboxylic acids is 1. The molecule has 1 saturated carbocycles. The third-order valence-electron chi connectivity index (χ3n) is 3.86. The van der Waals surface area contributed by atoms with Gasteiger partial charge in [-0.3, -0.25) is 4.79 Å². The summed E-state index contributed by atoms with van der Waals surface area (Å²) in [5.41, 5.74) is 0. The van der Waals surface area contributed by atoms with Gasteiger partial charge in [0.25, 0.3) is 0 Å². The fourth-order valence-electron chi connectivity index (χ4n) is 2.84. The predicted molar refractivity (Wildman–Crippen MR) is 59.1 cm³/mol. The molecule has 2 aliphatic carbocycles. The first-order chi connectivity index (χ1) is 7.78. The normalized spacial score (nSPS) is 39.3. The van der Waals surface area contributed by atoms with Crippen LogP contribution in [0.25, 0.3) is 0 Å². The summed E-state index contributed by atoms with van der Waals surface area (Å²) < 4.78 is 0. The van der Waals surface area contributed by atoms with Crippen molar-refractivity contribution in [2.75, 3.05) is 6.54 Å². The molecule has 3 aliphatic rings. The van der Waals surface area contributed by atoms with Gasteiger partial charge in [0, 0.05) is 0 Å². The maximum atomic E-state index is 11.6. The van der Waals surface area contributed by atoms with E-state index < -0.39 is 0 Å². The molecule has 3 nitrogen and oxygen atoms in total. The van der Waals surface area contributed by atoms with Gasteiger partial charge in [-0.2, -0.15) is 5.26 Å². The van der Waals surface area contributed by atoms with Gasteiger partial charge in [0.1, 0.15) is 6.04 Å². The highest BCUT2D eigenvalue weighted by Gasteiger charge is 2.38. The standard InChI is InChI=1S/C13H14N2O/c14-7-12-8-15(12)13(16)4-3-11-6-9-1-2-10(11)5-9/h1-4,9-12H,5-6,8H2/b4-3+. The summed E-state index contributed by atoms with van der Waals surface area (Å²) in [6, 6.07) is 1.92. The molecular weight excluding hydrogens is 200 g/mol. The molecule has 0 aromatic heterocycles. The van der Waals surface area contributed by atoms with Crippen LogP contribution in [0.3, 0.4) is 0 Å². The molecule has 0 radical (unpaired) electrons. The molecule has 0 spiro atoms. The first kappa shape index (κ1) is 9.65. The van der Waals surface area contributed by atoms with E-state index in [1.165, 1.54) is 12.8 Å². The van der Waals surface area contributed by atoms with Crippen LogP contribution in [-0.4, -0.2) is 23.4 Å². The van der Waals surface area contributed by atoms with Crippen molar-refractivity contribution >= 4 is 5.91 Å². The molecule has 3 rings (SSSR count). The fourth-order valence-corrected chi connectivity index (χ4v) is 2.84. The summed E-state index contributed by atoms with van der Waals surface area (Å²) in [5.74, 6) is 1.93. The average molecular weight is 214 g/mol. The van der Waals surface area contributed by atoms with E-state index in [1.54, 1.807) is 11.0 Å². The molecule has 1 amide bonds. The fraction of sp³-hybridized carbons (Fsp3) is 0.538. The molecule has 1 aliphatic heterocycles. The third-order valence-corrected chi connectivity index (χ3v) is 3.86. The Kier molecular flexibility index (Phi) is 2.10. The topological polar surface area (TPSA) is 43.9 Å². The number of allylic oxidation sites excluding steroid dienone is 3. The predicted octanol–water partition coefficient (Wildman–Crippen LogP) is 1.49. The van der Waals surface area contributed by atoms with Gasteiger partial charge >= 0.3 is 0 Å². The van der Waals surface area contributed by atoms with E-state index >= 15 is 0 Å². The molecule has 0 aromatic carbocycles. The lowest BCUT2D eigenvalue weighted by molar-refractivity contribution is -0.121. The first-order valence-electron chi connectivity index (χ1n) is 5.84. The Bertz CT molecular complexity index is 418. The molecule has 1 heterocycles. The van der Waals surface area contributed by atoms with Crippen molar-refractivity contribution in [2.24, 2.45) is 17.8 Å². The van der Waals surface area contributed by atoms with E-state index in [1.807, 2.05) is 6.08 Å². The second kappa shape index (κ2) is 3.48. The van der Waals surface area contributed by atoms with Gasteiger partial charge in [0.2, 0.25) is 5.91 Å². The summed E-state index contributed by atoms with van der Waals surface area (Å²) in [6.07, 6.45) is 10.7. The Labute approximate surface area is 95.0 Å². The number of hydrogen-bond acceptors (Lipinski definition) is 2. The summed E-state index contributed by atoms with van der Waals surface area (Å²) in [5, 5.41) is 8.61. The lowest BCUT2D eigenvalue weighted by atomic mass is 9.93. The second-order valence-corrected chi connectivity index (χ2v) is 4.94. The van der Waals surface area contributed by atoms with Crippen LogP contribution in [0, 0.1) is 29.1 Å². The summed E-state index contributed by atoms with van der Waals surface area (Å²) in [4.78, 5) is 13.2. The quantitative estimate of drug-likeness (QED) is 0.397. The highest BCUT2D eigenvalue weighted by atomic mass is 16.2. The zero-order chi connectivity index (χ0) is 11.1. The molecule has 16 heavy (non-hydrogen) atoms. The number of nitrogens with zero attached hydrogens (tertiary/aromatic N) is 2. The molecule has 0 aromatic rings. The molecule has 4 unspecified atom stereocenters. The minimum Gasteiger partial charge on any atom is -0.318 e. The van der Waals surface area contributed by atoms with Crippen molar-refractivity contribution in [3.05, 3.63) is 24.3 Å². The van der Waals surface area contributed by atoms with Gasteiger partial charge in [0.15, 0.2) is 0 Å².